The van der Waals surface area contributed by atoms with Crippen molar-refractivity contribution >= 4 is 41.4 Å². The summed E-state index contributed by atoms with van der Waals surface area (Å²) in [4.78, 5) is 63.8. The van der Waals surface area contributed by atoms with Gasteiger partial charge in [-0.25, -0.2) is 19.4 Å². The minimum absolute atomic E-state index is 0.00714. The van der Waals surface area contributed by atoms with Gasteiger partial charge in [-0.15, -0.1) is 16.9 Å². The first-order chi connectivity index (χ1) is 21.2. The minimum Gasteiger partial charge on any atom is -0.477 e. The molecule has 3 fully saturated rings. The van der Waals surface area contributed by atoms with E-state index in [9.17, 15) is 24.3 Å². The molecule has 2 aromatic heterocycles. The van der Waals surface area contributed by atoms with Gasteiger partial charge in [-0.05, 0) is 42.7 Å². The number of carbonyl (C=O) groups is 4. The number of hydrogen-bond acceptors (Lipinski definition) is 12. The number of β-lactam (4-membered cyclic amide) rings is 1. The van der Waals surface area contributed by atoms with Crippen LogP contribution in [0.3, 0.4) is 0 Å². The third-order valence-corrected chi connectivity index (χ3v) is 10.3. The lowest BCUT2D eigenvalue weighted by molar-refractivity contribution is -0.158. The molecule has 3 amide bonds. The fourth-order valence-corrected chi connectivity index (χ4v) is 8.15. The molecule has 6 atom stereocenters. The number of piperidine rings is 1. The van der Waals surface area contributed by atoms with E-state index in [0.29, 0.717) is 36.9 Å². The number of hydrogen-bond donors (Lipinski definition) is 4. The highest BCUT2D eigenvalue weighted by atomic mass is 32.2. The van der Waals surface area contributed by atoms with Crippen LogP contribution in [-0.4, -0.2) is 118 Å². The molecule has 0 saturated carbocycles. The Hall–Kier alpha value is -4.12. The van der Waals surface area contributed by atoms with Crippen molar-refractivity contribution in [2.75, 3.05) is 25.0 Å². The van der Waals surface area contributed by atoms with Crippen molar-refractivity contribution in [2.24, 2.45) is 11.8 Å². The summed E-state index contributed by atoms with van der Waals surface area (Å²) in [5, 5.41) is 30.3. The summed E-state index contributed by atoms with van der Waals surface area (Å²) in [6.45, 7) is 5.41. The molecular formula is C27H35N11O5S. The van der Waals surface area contributed by atoms with Gasteiger partial charge in [0.1, 0.15) is 18.6 Å². The van der Waals surface area contributed by atoms with Crippen molar-refractivity contribution in [3.8, 4) is 0 Å². The van der Waals surface area contributed by atoms with Crippen molar-refractivity contribution in [1.82, 2.24) is 50.6 Å². The van der Waals surface area contributed by atoms with Crippen LogP contribution in [0.5, 0.6) is 0 Å². The Morgan fingerprint density at radius 1 is 1.20 bits per heavy atom. The molecule has 2 aromatic rings. The normalized spacial score (nSPS) is 27.6. The molecule has 4 N–H and O–H groups in total. The summed E-state index contributed by atoms with van der Waals surface area (Å²) in [6, 6.07) is 0.737. The van der Waals surface area contributed by atoms with E-state index in [1.165, 1.54) is 27.7 Å². The molecule has 4 aliphatic rings. The molecule has 44 heavy (non-hydrogen) atoms. The molecule has 0 aliphatic carbocycles. The molecule has 6 rings (SSSR count). The quantitative estimate of drug-likeness (QED) is 0.242. The topological polar surface area (TPSA) is 200 Å². The van der Waals surface area contributed by atoms with Gasteiger partial charge in [0, 0.05) is 60.2 Å². The number of amides is 3. The number of carboxylic acids is 1. The third kappa shape index (κ3) is 5.85. The third-order valence-electron chi connectivity index (χ3n) is 8.80. The zero-order valence-corrected chi connectivity index (χ0v) is 25.2. The van der Waals surface area contributed by atoms with E-state index < -0.39 is 17.9 Å². The number of carbonyl (C=O) groups excluding carboxylic acids is 3. The second-order valence-electron chi connectivity index (χ2n) is 11.6. The van der Waals surface area contributed by atoms with Gasteiger partial charge in [0.05, 0.1) is 18.0 Å². The minimum atomic E-state index is -1.15. The number of carboxylic acid groups (broad SMARTS) is 1. The lowest BCUT2D eigenvalue weighted by Gasteiger charge is -2.47. The molecule has 16 nitrogen and oxygen atoms in total. The fourth-order valence-electron chi connectivity index (χ4n) is 6.67. The summed E-state index contributed by atoms with van der Waals surface area (Å²) in [5.74, 6) is -1.97. The van der Waals surface area contributed by atoms with E-state index in [-0.39, 0.29) is 59.3 Å². The number of aromatic nitrogens is 6. The lowest BCUT2D eigenvalue weighted by atomic mass is 9.78. The number of aliphatic carboxylic acids is 1. The van der Waals surface area contributed by atoms with E-state index >= 15 is 0 Å². The number of nitrogens with zero attached hydrogens (tertiary/aromatic N) is 8. The van der Waals surface area contributed by atoms with Crippen LogP contribution in [0.4, 0.5) is 5.95 Å². The number of thioether (sulfide) groups is 1. The standard InChI is InChI=1S/C27H35N11O5S/c1-14-21-20(15(2)32-19(39)12-37-13-31-34-35-37)25(41)38(21)22(26(42)43)23(14)44-17-10-18(30-11-17)24(40)36-8-4-16(5-9-36)33-27-28-6-3-7-29-27/h3,6-7,13-18,20-21,30H,4-5,8-12H2,1-2H3,(H,32,39)(H,42,43)(H,28,29,33)/t14-,15-,17+,18+,20-,21-/m1/s1. The van der Waals surface area contributed by atoms with Crippen molar-refractivity contribution in [2.45, 2.75) is 69.1 Å². The average molecular weight is 626 g/mol. The molecule has 0 unspecified atom stereocenters. The second kappa shape index (κ2) is 12.5. The summed E-state index contributed by atoms with van der Waals surface area (Å²) >= 11 is 1.44. The molecule has 17 heteroatoms. The predicted octanol–water partition coefficient (Wildman–Crippen LogP) is -0.692. The van der Waals surface area contributed by atoms with E-state index in [4.69, 9.17) is 0 Å². The predicted molar refractivity (Wildman–Crippen MR) is 156 cm³/mol. The van der Waals surface area contributed by atoms with E-state index in [0.717, 1.165) is 12.8 Å². The molecule has 0 radical (unpaired) electrons. The Morgan fingerprint density at radius 2 is 1.95 bits per heavy atom. The molecule has 0 aromatic carbocycles. The summed E-state index contributed by atoms with van der Waals surface area (Å²) in [7, 11) is 0. The maximum atomic E-state index is 13.4. The van der Waals surface area contributed by atoms with E-state index in [2.05, 4.69) is 41.4 Å². The van der Waals surface area contributed by atoms with Gasteiger partial charge >= 0.3 is 5.97 Å². The van der Waals surface area contributed by atoms with Gasteiger partial charge in [0.15, 0.2) is 0 Å². The van der Waals surface area contributed by atoms with Gasteiger partial charge in [-0.3, -0.25) is 14.4 Å². The number of tetrazole rings is 1. The van der Waals surface area contributed by atoms with Crippen molar-refractivity contribution < 1.29 is 24.3 Å². The molecule has 3 saturated heterocycles. The Balaban J connectivity index is 1.03. The molecular weight excluding hydrogens is 590 g/mol. The lowest BCUT2D eigenvalue weighted by Crippen LogP contribution is -2.66. The first kappa shape index (κ1) is 29.9. The second-order valence-corrected chi connectivity index (χ2v) is 13.0. The fraction of sp³-hybridized carbons (Fsp3) is 0.593. The first-order valence-corrected chi connectivity index (χ1v) is 15.6. The number of rotatable bonds is 10. The Bertz CT molecular complexity index is 1430. The summed E-state index contributed by atoms with van der Waals surface area (Å²) in [6.07, 6.45) is 6.86. The van der Waals surface area contributed by atoms with Crippen molar-refractivity contribution in [3.63, 3.8) is 0 Å². The highest BCUT2D eigenvalue weighted by molar-refractivity contribution is 8.03. The summed E-state index contributed by atoms with van der Waals surface area (Å²) in [5.41, 5.74) is 0.00714. The Labute approximate surface area is 257 Å². The maximum absolute atomic E-state index is 13.4. The molecule has 234 valence electrons. The van der Waals surface area contributed by atoms with E-state index in [1.54, 1.807) is 25.4 Å². The highest BCUT2D eigenvalue weighted by Gasteiger charge is 2.60. The summed E-state index contributed by atoms with van der Waals surface area (Å²) < 4.78 is 1.28. The van der Waals surface area contributed by atoms with Crippen LogP contribution in [0.25, 0.3) is 0 Å². The van der Waals surface area contributed by atoms with Crippen LogP contribution in [0, 0.1) is 11.8 Å². The van der Waals surface area contributed by atoms with E-state index in [1.807, 2.05) is 11.8 Å². The molecule has 6 heterocycles. The monoisotopic (exact) mass is 625 g/mol. The largest absolute Gasteiger partial charge is 0.477 e. The van der Waals surface area contributed by atoms with Crippen LogP contribution in [0.1, 0.15) is 33.1 Å². The Morgan fingerprint density at radius 3 is 2.64 bits per heavy atom. The van der Waals surface area contributed by atoms with Crippen LogP contribution in [0.15, 0.2) is 35.4 Å². The van der Waals surface area contributed by atoms with Gasteiger partial charge in [-0.2, -0.15) is 0 Å². The Kier molecular flexibility index (Phi) is 8.48. The van der Waals surface area contributed by atoms with Crippen molar-refractivity contribution in [3.05, 3.63) is 35.4 Å². The number of fused-ring (bicyclic) bond motifs is 1. The highest BCUT2D eigenvalue weighted by Crippen LogP contribution is 2.51. The van der Waals surface area contributed by atoms with Crippen LogP contribution < -0.4 is 16.0 Å². The number of nitrogens with one attached hydrogen (secondary N) is 3. The molecule has 0 spiro atoms. The van der Waals surface area contributed by atoms with Crippen LogP contribution in [-0.2, 0) is 25.7 Å². The maximum Gasteiger partial charge on any atom is 0.353 e. The SMILES string of the molecule is C[C@@H](NC(=O)Cn1cnnn1)[C@H]1C(=O)N2C(C(=O)O)=C(S[C@@H]3CN[C@H](C(=O)N4CCC(Nc5ncccn5)CC4)C3)[C@H](C)[C@H]12. The van der Waals surface area contributed by atoms with Crippen LogP contribution in [0.2, 0.25) is 0 Å². The van der Waals surface area contributed by atoms with Gasteiger partial charge in [0.25, 0.3) is 0 Å². The zero-order valence-electron chi connectivity index (χ0n) is 24.4. The van der Waals surface area contributed by atoms with Crippen LogP contribution >= 0.6 is 11.8 Å². The zero-order chi connectivity index (χ0) is 31.0. The number of likely N-dealkylation sites (tertiary alicyclic amines) is 1. The van der Waals surface area contributed by atoms with Gasteiger partial charge in [-0.1, -0.05) is 6.92 Å². The van der Waals surface area contributed by atoms with Gasteiger partial charge in [0.2, 0.25) is 23.7 Å². The first-order valence-electron chi connectivity index (χ1n) is 14.7. The van der Waals surface area contributed by atoms with Gasteiger partial charge < -0.3 is 30.9 Å². The van der Waals surface area contributed by atoms with Crippen molar-refractivity contribution in [1.29, 1.82) is 0 Å². The smallest absolute Gasteiger partial charge is 0.353 e. The molecule has 0 bridgehead atoms. The average Bonchev–Trinajstić information content (AvgIpc) is 3.74. The molecule has 4 aliphatic heterocycles. The number of anilines is 1.